The van der Waals surface area contributed by atoms with Crippen LogP contribution in [0.4, 0.5) is 4.79 Å². The molecule has 0 saturated heterocycles. The van der Waals surface area contributed by atoms with Crippen LogP contribution in [-0.2, 0) is 0 Å². The summed E-state index contributed by atoms with van der Waals surface area (Å²) in [7, 11) is 1.82. The van der Waals surface area contributed by atoms with E-state index in [4.69, 9.17) is 0 Å². The van der Waals surface area contributed by atoms with Crippen LogP contribution >= 0.6 is 11.8 Å². The van der Waals surface area contributed by atoms with Crippen LogP contribution < -0.4 is 5.32 Å². The summed E-state index contributed by atoms with van der Waals surface area (Å²) in [4.78, 5) is 15.3. The van der Waals surface area contributed by atoms with Crippen molar-refractivity contribution in [1.29, 1.82) is 0 Å². The fourth-order valence-electron chi connectivity index (χ4n) is 3.23. The molecular weight excluding hydrogens is 308 g/mol. The lowest BCUT2D eigenvalue weighted by atomic mass is 10.1. The van der Waals surface area contributed by atoms with Gasteiger partial charge in [0.2, 0.25) is 0 Å². The smallest absolute Gasteiger partial charge is 0.317 e. The number of carbonyl (C=O) groups is 1. The van der Waals surface area contributed by atoms with Gasteiger partial charge in [-0.05, 0) is 37.8 Å². The van der Waals surface area contributed by atoms with E-state index in [9.17, 15) is 9.90 Å². The zero-order valence-corrected chi connectivity index (χ0v) is 14.5. The van der Waals surface area contributed by atoms with E-state index in [-0.39, 0.29) is 22.8 Å². The van der Waals surface area contributed by atoms with Crippen molar-refractivity contribution in [3.8, 4) is 0 Å². The molecular formula is C18H26N2O2S. The number of amides is 2. The first-order valence-electron chi connectivity index (χ1n) is 8.49. The Morgan fingerprint density at radius 3 is 2.70 bits per heavy atom. The first kappa shape index (κ1) is 16.7. The van der Waals surface area contributed by atoms with Gasteiger partial charge in [-0.2, -0.15) is 0 Å². The predicted molar refractivity (Wildman–Crippen MR) is 93.6 cm³/mol. The second kappa shape index (κ2) is 7.14. The Kier molecular flexibility index (Phi) is 5.17. The van der Waals surface area contributed by atoms with E-state index in [0.29, 0.717) is 13.1 Å². The third kappa shape index (κ3) is 4.42. The molecule has 1 aromatic rings. The molecule has 0 bridgehead atoms. The third-order valence-electron chi connectivity index (χ3n) is 4.92. The molecule has 0 heterocycles. The molecule has 2 amide bonds. The normalized spacial score (nSPS) is 25.1. The maximum atomic E-state index is 12.3. The Hall–Kier alpha value is -1.20. The van der Waals surface area contributed by atoms with Gasteiger partial charge < -0.3 is 15.3 Å². The van der Waals surface area contributed by atoms with E-state index < -0.39 is 0 Å². The summed E-state index contributed by atoms with van der Waals surface area (Å²) in [5.41, 5.74) is 0. The second-order valence-corrected chi connectivity index (χ2v) is 8.44. The number of rotatable bonds is 6. The number of carbonyl (C=O) groups excluding carboxylic acids is 1. The summed E-state index contributed by atoms with van der Waals surface area (Å²) in [6, 6.07) is 10.4. The second-order valence-electron chi connectivity index (χ2n) is 6.90. The van der Waals surface area contributed by atoms with Crippen molar-refractivity contribution in [3.05, 3.63) is 30.3 Å². The van der Waals surface area contributed by atoms with Crippen molar-refractivity contribution in [2.75, 3.05) is 20.1 Å². The molecule has 0 radical (unpaired) electrons. The number of hydrogen-bond acceptors (Lipinski definition) is 3. The first-order valence-corrected chi connectivity index (χ1v) is 9.31. The molecule has 0 aliphatic heterocycles. The maximum Gasteiger partial charge on any atom is 0.317 e. The minimum absolute atomic E-state index is 0.0240. The largest absolute Gasteiger partial charge is 0.393 e. The SMILES string of the molecule is CN(CC1CCCC1O)C(=O)NCC1(Sc2ccccc2)CC1. The average Bonchev–Trinajstić information content (AvgIpc) is 3.20. The molecule has 0 aromatic heterocycles. The van der Waals surface area contributed by atoms with Crippen molar-refractivity contribution >= 4 is 17.8 Å². The van der Waals surface area contributed by atoms with Gasteiger partial charge in [0.05, 0.1) is 6.10 Å². The number of hydrogen-bond donors (Lipinski definition) is 2. The van der Waals surface area contributed by atoms with Gasteiger partial charge in [-0.25, -0.2) is 4.79 Å². The molecule has 23 heavy (non-hydrogen) atoms. The standard InChI is InChI=1S/C18H26N2O2S/c1-20(12-14-6-5-9-16(14)21)17(22)19-13-18(10-11-18)23-15-7-3-2-4-8-15/h2-4,7-8,14,16,21H,5-6,9-13H2,1H3,(H,19,22). The molecule has 2 N–H and O–H groups in total. The minimum atomic E-state index is -0.242. The number of urea groups is 1. The first-order chi connectivity index (χ1) is 11.1. The van der Waals surface area contributed by atoms with Crippen LogP contribution in [0.2, 0.25) is 0 Å². The van der Waals surface area contributed by atoms with Crippen molar-refractivity contribution in [2.24, 2.45) is 5.92 Å². The van der Waals surface area contributed by atoms with Crippen LogP contribution in [0.3, 0.4) is 0 Å². The Labute approximate surface area is 142 Å². The van der Waals surface area contributed by atoms with Gasteiger partial charge in [0.25, 0.3) is 0 Å². The molecule has 2 atom stereocenters. The van der Waals surface area contributed by atoms with Crippen LogP contribution in [0.5, 0.6) is 0 Å². The van der Waals surface area contributed by atoms with Gasteiger partial charge in [-0.3, -0.25) is 0 Å². The minimum Gasteiger partial charge on any atom is -0.393 e. The number of aliphatic hydroxyl groups is 1. The quantitative estimate of drug-likeness (QED) is 0.840. The Balaban J connectivity index is 1.45. The molecule has 2 fully saturated rings. The topological polar surface area (TPSA) is 52.6 Å². The van der Waals surface area contributed by atoms with Gasteiger partial charge in [-0.1, -0.05) is 24.6 Å². The van der Waals surface area contributed by atoms with E-state index in [0.717, 1.165) is 32.1 Å². The zero-order chi connectivity index (χ0) is 16.3. The summed E-state index contributed by atoms with van der Waals surface area (Å²) in [5, 5.41) is 13.0. The van der Waals surface area contributed by atoms with Crippen LogP contribution in [0.25, 0.3) is 0 Å². The molecule has 0 spiro atoms. The number of nitrogens with one attached hydrogen (secondary N) is 1. The van der Waals surface area contributed by atoms with Crippen molar-refractivity contribution in [1.82, 2.24) is 10.2 Å². The average molecular weight is 334 g/mol. The zero-order valence-electron chi connectivity index (χ0n) is 13.7. The van der Waals surface area contributed by atoms with E-state index in [1.54, 1.807) is 4.90 Å². The molecule has 2 aliphatic rings. The number of benzene rings is 1. The molecule has 5 heteroatoms. The highest BCUT2D eigenvalue weighted by atomic mass is 32.2. The Bertz CT molecular complexity index is 533. The summed E-state index contributed by atoms with van der Waals surface area (Å²) in [6.45, 7) is 1.36. The highest BCUT2D eigenvalue weighted by Crippen LogP contribution is 2.51. The highest BCUT2D eigenvalue weighted by Gasteiger charge is 2.44. The summed E-state index contributed by atoms with van der Waals surface area (Å²) in [6.07, 6.45) is 5.02. The Morgan fingerprint density at radius 1 is 1.35 bits per heavy atom. The lowest BCUT2D eigenvalue weighted by molar-refractivity contribution is 0.114. The van der Waals surface area contributed by atoms with Gasteiger partial charge in [0, 0.05) is 35.7 Å². The summed E-state index contributed by atoms with van der Waals surface area (Å²) in [5.74, 6) is 0.235. The third-order valence-corrected chi connectivity index (χ3v) is 6.41. The van der Waals surface area contributed by atoms with Gasteiger partial charge in [-0.15, -0.1) is 11.8 Å². The lowest BCUT2D eigenvalue weighted by Crippen LogP contribution is -2.43. The number of thioether (sulfide) groups is 1. The van der Waals surface area contributed by atoms with Gasteiger partial charge >= 0.3 is 6.03 Å². The van der Waals surface area contributed by atoms with E-state index in [1.807, 2.05) is 24.9 Å². The molecule has 1 aromatic carbocycles. The van der Waals surface area contributed by atoms with E-state index in [1.165, 1.54) is 4.90 Å². The molecule has 2 unspecified atom stereocenters. The van der Waals surface area contributed by atoms with Gasteiger partial charge in [0.15, 0.2) is 0 Å². The van der Waals surface area contributed by atoms with Crippen LogP contribution in [-0.4, -0.2) is 47.0 Å². The molecule has 2 aliphatic carbocycles. The fourth-order valence-corrected chi connectivity index (χ4v) is 4.47. The van der Waals surface area contributed by atoms with Crippen LogP contribution in [0, 0.1) is 5.92 Å². The predicted octanol–water partition coefficient (Wildman–Crippen LogP) is 3.11. The number of aliphatic hydroxyl groups excluding tert-OH is 1. The lowest BCUT2D eigenvalue weighted by Gasteiger charge is -2.25. The van der Waals surface area contributed by atoms with Gasteiger partial charge in [0.1, 0.15) is 0 Å². The molecule has 2 saturated carbocycles. The number of nitrogens with zero attached hydrogens (tertiary/aromatic N) is 1. The summed E-state index contributed by atoms with van der Waals surface area (Å²) < 4.78 is 0.171. The van der Waals surface area contributed by atoms with Crippen molar-refractivity contribution in [3.63, 3.8) is 0 Å². The highest BCUT2D eigenvalue weighted by molar-refractivity contribution is 8.01. The Morgan fingerprint density at radius 2 is 2.09 bits per heavy atom. The van der Waals surface area contributed by atoms with E-state index >= 15 is 0 Å². The summed E-state index contributed by atoms with van der Waals surface area (Å²) >= 11 is 1.87. The molecule has 4 nitrogen and oxygen atoms in total. The van der Waals surface area contributed by atoms with Crippen LogP contribution in [0.1, 0.15) is 32.1 Å². The van der Waals surface area contributed by atoms with Crippen LogP contribution in [0.15, 0.2) is 35.2 Å². The van der Waals surface area contributed by atoms with E-state index in [2.05, 4.69) is 29.6 Å². The molecule has 126 valence electrons. The molecule has 3 rings (SSSR count). The maximum absolute atomic E-state index is 12.3. The van der Waals surface area contributed by atoms with Crippen molar-refractivity contribution < 1.29 is 9.90 Å². The fraction of sp³-hybridized carbons (Fsp3) is 0.611. The monoisotopic (exact) mass is 334 g/mol. The van der Waals surface area contributed by atoms with Crippen molar-refractivity contribution in [2.45, 2.75) is 47.9 Å².